The van der Waals surface area contributed by atoms with Crippen LogP contribution in [0.5, 0.6) is 0 Å². The normalized spacial score (nSPS) is 17.8. The van der Waals surface area contributed by atoms with E-state index < -0.39 is 0 Å². The molecular formula is C18H17N. The van der Waals surface area contributed by atoms with Crippen molar-refractivity contribution < 1.29 is 0 Å². The second kappa shape index (κ2) is 5.73. The number of benzene rings is 2. The molecule has 0 spiro atoms. The van der Waals surface area contributed by atoms with Gasteiger partial charge in [-0.25, -0.2) is 0 Å². The SMILES string of the molecule is C(#Cc1ccc(C2CCNC2)cc1)c1ccccc1. The first kappa shape index (κ1) is 12.0. The Morgan fingerprint density at radius 1 is 0.842 bits per heavy atom. The lowest BCUT2D eigenvalue weighted by molar-refractivity contribution is 0.763. The molecule has 1 nitrogen and oxygen atoms in total. The summed E-state index contributed by atoms with van der Waals surface area (Å²) >= 11 is 0. The van der Waals surface area contributed by atoms with Crippen LogP contribution in [0.4, 0.5) is 0 Å². The second-order valence-electron chi connectivity index (χ2n) is 4.93. The Hall–Kier alpha value is -2.04. The number of rotatable bonds is 1. The summed E-state index contributed by atoms with van der Waals surface area (Å²) in [6.07, 6.45) is 1.25. The maximum Gasteiger partial charge on any atom is 0.0249 e. The molecule has 1 fully saturated rings. The molecule has 2 aromatic rings. The van der Waals surface area contributed by atoms with E-state index in [0.29, 0.717) is 5.92 Å². The van der Waals surface area contributed by atoms with Gasteiger partial charge in [-0.15, -0.1) is 0 Å². The predicted octanol–water partition coefficient (Wildman–Crippen LogP) is 3.16. The fourth-order valence-corrected chi connectivity index (χ4v) is 2.44. The lowest BCUT2D eigenvalue weighted by atomic mass is 9.97. The van der Waals surface area contributed by atoms with Crippen molar-refractivity contribution >= 4 is 0 Å². The largest absolute Gasteiger partial charge is 0.316 e. The second-order valence-corrected chi connectivity index (χ2v) is 4.93. The smallest absolute Gasteiger partial charge is 0.0249 e. The Bertz CT molecular complexity index is 581. The first-order chi connectivity index (χ1) is 9.42. The van der Waals surface area contributed by atoms with Crippen LogP contribution in [0.25, 0.3) is 0 Å². The van der Waals surface area contributed by atoms with Gasteiger partial charge in [-0.05, 0) is 48.7 Å². The van der Waals surface area contributed by atoms with E-state index in [-0.39, 0.29) is 0 Å². The van der Waals surface area contributed by atoms with Gasteiger partial charge in [-0.2, -0.15) is 0 Å². The van der Waals surface area contributed by atoms with Crippen molar-refractivity contribution in [3.63, 3.8) is 0 Å². The molecule has 19 heavy (non-hydrogen) atoms. The van der Waals surface area contributed by atoms with Crippen LogP contribution in [0, 0.1) is 11.8 Å². The van der Waals surface area contributed by atoms with E-state index in [1.807, 2.05) is 30.3 Å². The monoisotopic (exact) mass is 247 g/mol. The van der Waals surface area contributed by atoms with Crippen LogP contribution >= 0.6 is 0 Å². The minimum atomic E-state index is 0.677. The zero-order chi connectivity index (χ0) is 12.9. The molecule has 1 heteroatoms. The van der Waals surface area contributed by atoms with Crippen LogP contribution in [0.3, 0.4) is 0 Å². The average molecular weight is 247 g/mol. The molecule has 1 N–H and O–H groups in total. The molecule has 1 heterocycles. The highest BCUT2D eigenvalue weighted by Gasteiger charge is 2.15. The molecule has 1 aliphatic heterocycles. The molecule has 1 atom stereocenters. The lowest BCUT2D eigenvalue weighted by Crippen LogP contribution is -2.07. The van der Waals surface area contributed by atoms with Crippen LogP contribution in [-0.4, -0.2) is 13.1 Å². The van der Waals surface area contributed by atoms with Gasteiger partial charge in [0, 0.05) is 17.7 Å². The van der Waals surface area contributed by atoms with Gasteiger partial charge in [0.1, 0.15) is 0 Å². The van der Waals surface area contributed by atoms with Crippen molar-refractivity contribution in [3.8, 4) is 11.8 Å². The molecule has 1 saturated heterocycles. The average Bonchev–Trinajstić information content (AvgIpc) is 3.01. The Labute approximate surface area is 114 Å². The summed E-state index contributed by atoms with van der Waals surface area (Å²) in [6.45, 7) is 2.25. The van der Waals surface area contributed by atoms with Gasteiger partial charge in [0.2, 0.25) is 0 Å². The molecule has 3 rings (SSSR count). The number of hydrogen-bond acceptors (Lipinski definition) is 1. The Balaban J connectivity index is 1.74. The maximum atomic E-state index is 3.40. The van der Waals surface area contributed by atoms with E-state index in [1.165, 1.54) is 12.0 Å². The Kier molecular flexibility index (Phi) is 3.63. The quantitative estimate of drug-likeness (QED) is 0.763. The summed E-state index contributed by atoms with van der Waals surface area (Å²) in [5.74, 6) is 7.08. The van der Waals surface area contributed by atoms with Crippen LogP contribution < -0.4 is 5.32 Å². The number of nitrogens with one attached hydrogen (secondary N) is 1. The fraction of sp³-hybridized carbons (Fsp3) is 0.222. The van der Waals surface area contributed by atoms with E-state index in [1.54, 1.807) is 0 Å². The molecule has 0 radical (unpaired) electrons. The molecule has 0 saturated carbocycles. The summed E-state index contributed by atoms with van der Waals surface area (Å²) in [5.41, 5.74) is 3.57. The zero-order valence-corrected chi connectivity index (χ0v) is 10.9. The Morgan fingerprint density at radius 2 is 1.53 bits per heavy atom. The van der Waals surface area contributed by atoms with Gasteiger partial charge in [-0.1, -0.05) is 42.2 Å². The van der Waals surface area contributed by atoms with E-state index >= 15 is 0 Å². The van der Waals surface area contributed by atoms with Crippen LogP contribution in [0.1, 0.15) is 29.0 Å². The van der Waals surface area contributed by atoms with Crippen molar-refractivity contribution in [1.29, 1.82) is 0 Å². The van der Waals surface area contributed by atoms with Crippen molar-refractivity contribution in [2.45, 2.75) is 12.3 Å². The highest BCUT2D eigenvalue weighted by molar-refractivity contribution is 5.43. The van der Waals surface area contributed by atoms with Crippen molar-refractivity contribution in [2.24, 2.45) is 0 Å². The molecule has 2 aromatic carbocycles. The Morgan fingerprint density at radius 3 is 2.16 bits per heavy atom. The van der Waals surface area contributed by atoms with Gasteiger partial charge in [0.05, 0.1) is 0 Å². The first-order valence-electron chi connectivity index (χ1n) is 6.79. The molecule has 0 bridgehead atoms. The van der Waals surface area contributed by atoms with Gasteiger partial charge in [0.15, 0.2) is 0 Å². The van der Waals surface area contributed by atoms with E-state index in [2.05, 4.69) is 41.4 Å². The zero-order valence-electron chi connectivity index (χ0n) is 10.9. The minimum Gasteiger partial charge on any atom is -0.316 e. The molecular weight excluding hydrogens is 230 g/mol. The van der Waals surface area contributed by atoms with Crippen LogP contribution in [0.2, 0.25) is 0 Å². The lowest BCUT2D eigenvalue weighted by Gasteiger charge is -2.07. The molecule has 0 aromatic heterocycles. The molecule has 1 aliphatic rings. The summed E-state index contributed by atoms with van der Waals surface area (Å²) < 4.78 is 0. The van der Waals surface area contributed by atoms with Gasteiger partial charge < -0.3 is 5.32 Å². The first-order valence-corrected chi connectivity index (χ1v) is 6.79. The molecule has 94 valence electrons. The molecule has 1 unspecified atom stereocenters. The minimum absolute atomic E-state index is 0.677. The van der Waals surface area contributed by atoms with Crippen LogP contribution in [-0.2, 0) is 0 Å². The van der Waals surface area contributed by atoms with E-state index in [0.717, 1.165) is 24.2 Å². The highest BCUT2D eigenvalue weighted by Crippen LogP contribution is 2.22. The van der Waals surface area contributed by atoms with Gasteiger partial charge in [-0.3, -0.25) is 0 Å². The summed E-state index contributed by atoms with van der Waals surface area (Å²) in [4.78, 5) is 0. The fourth-order valence-electron chi connectivity index (χ4n) is 2.44. The predicted molar refractivity (Wildman–Crippen MR) is 79.1 cm³/mol. The standard InChI is InChI=1S/C18H17N/c1-2-4-15(5-3-1)6-7-16-8-10-17(11-9-16)18-12-13-19-14-18/h1-5,8-11,18-19H,12-14H2. The molecule has 0 aliphatic carbocycles. The highest BCUT2D eigenvalue weighted by atomic mass is 14.9. The van der Waals surface area contributed by atoms with Crippen LogP contribution in [0.15, 0.2) is 54.6 Å². The van der Waals surface area contributed by atoms with Crippen molar-refractivity contribution in [1.82, 2.24) is 5.32 Å². The summed E-state index contributed by atoms with van der Waals surface area (Å²) in [6, 6.07) is 18.8. The molecule has 0 amide bonds. The topological polar surface area (TPSA) is 12.0 Å². The van der Waals surface area contributed by atoms with Gasteiger partial charge >= 0.3 is 0 Å². The third kappa shape index (κ3) is 3.05. The van der Waals surface area contributed by atoms with Crippen molar-refractivity contribution in [3.05, 3.63) is 71.3 Å². The third-order valence-corrected chi connectivity index (χ3v) is 3.57. The van der Waals surface area contributed by atoms with Crippen molar-refractivity contribution in [2.75, 3.05) is 13.1 Å². The maximum absolute atomic E-state index is 3.40. The van der Waals surface area contributed by atoms with Gasteiger partial charge in [0.25, 0.3) is 0 Å². The van der Waals surface area contributed by atoms with E-state index in [4.69, 9.17) is 0 Å². The summed E-state index contributed by atoms with van der Waals surface area (Å²) in [7, 11) is 0. The third-order valence-electron chi connectivity index (χ3n) is 3.57. The van der Waals surface area contributed by atoms with E-state index in [9.17, 15) is 0 Å². The number of hydrogen-bond donors (Lipinski definition) is 1. The summed E-state index contributed by atoms with van der Waals surface area (Å²) in [5, 5.41) is 3.40.